The van der Waals surface area contributed by atoms with E-state index in [1.165, 1.54) is 4.68 Å². The van der Waals surface area contributed by atoms with Crippen LogP contribution in [0.2, 0.25) is 5.02 Å². The van der Waals surface area contributed by atoms with Crippen molar-refractivity contribution in [3.05, 3.63) is 111 Å². The van der Waals surface area contributed by atoms with E-state index in [0.717, 1.165) is 10.5 Å². The van der Waals surface area contributed by atoms with Gasteiger partial charge < -0.3 is 0 Å². The molecular weight excluding hydrogens is 464 g/mol. The fraction of sp³-hybridized carbons (Fsp3) is 0.111. The van der Waals surface area contributed by atoms with E-state index >= 15 is 0 Å². The van der Waals surface area contributed by atoms with Crippen LogP contribution in [0.1, 0.15) is 23.7 Å². The molecule has 1 aliphatic rings. The Kier molecular flexibility index (Phi) is 5.70. The van der Waals surface area contributed by atoms with Gasteiger partial charge in [0.15, 0.2) is 12.4 Å². The Labute approximate surface area is 206 Å². The number of imide groups is 1. The van der Waals surface area contributed by atoms with Gasteiger partial charge in [0.2, 0.25) is 0 Å². The highest BCUT2D eigenvalue weighted by Crippen LogP contribution is 2.33. The molecule has 35 heavy (non-hydrogen) atoms. The molecule has 0 aliphatic carbocycles. The lowest BCUT2D eigenvalue weighted by atomic mass is 10.0. The van der Waals surface area contributed by atoms with Crippen molar-refractivity contribution >= 4 is 40.4 Å². The highest BCUT2D eigenvalue weighted by atomic mass is 35.5. The van der Waals surface area contributed by atoms with Gasteiger partial charge in [-0.05, 0) is 55.3 Å². The summed E-state index contributed by atoms with van der Waals surface area (Å²) in [7, 11) is 0. The summed E-state index contributed by atoms with van der Waals surface area (Å²) in [5.41, 5.74) is 2.46. The summed E-state index contributed by atoms with van der Waals surface area (Å²) in [5.74, 6) is -1.03. The van der Waals surface area contributed by atoms with Crippen molar-refractivity contribution in [1.29, 1.82) is 0 Å². The Morgan fingerprint density at radius 2 is 1.60 bits per heavy atom. The molecule has 1 aliphatic heterocycles. The number of rotatable bonds is 5. The number of pyridine rings is 1. The minimum absolute atomic E-state index is 0.0681. The summed E-state index contributed by atoms with van der Waals surface area (Å²) >= 11 is 6.02. The Balaban J connectivity index is 1.77. The highest BCUT2D eigenvalue weighted by molar-refractivity contribution is 6.53. The van der Waals surface area contributed by atoms with Crippen LogP contribution in [0.25, 0.3) is 17.0 Å². The number of nitrogens with zero attached hydrogens (tertiary/aromatic N) is 3. The normalized spacial score (nSPS) is 13.7. The predicted octanol–water partition coefficient (Wildman–Crippen LogP) is 3.92. The van der Waals surface area contributed by atoms with E-state index in [1.807, 2.05) is 26.0 Å². The minimum Gasteiger partial charge on any atom is -0.294 e. The summed E-state index contributed by atoms with van der Waals surface area (Å²) in [6, 6.07) is 19.3. The van der Waals surface area contributed by atoms with Crippen LogP contribution in [0.15, 0.2) is 83.9 Å². The largest absolute Gasteiger partial charge is 0.331 e. The van der Waals surface area contributed by atoms with Gasteiger partial charge >= 0.3 is 5.91 Å². The van der Waals surface area contributed by atoms with Gasteiger partial charge in [-0.1, -0.05) is 36.7 Å². The van der Waals surface area contributed by atoms with E-state index < -0.39 is 17.4 Å². The number of amides is 2. The standard InChI is InChI=1S/C27H21ClN4O3/c1-3-21-22(26(34)32(29-21)19-12-10-18(28)11-13-19)23-24(30-14-5-4-6-15-30)27(35)31(25(23)33)20-9-7-8-17(2)16-20/h4-16H,3H2,1-2H3/p+1. The lowest BCUT2D eigenvalue weighted by Gasteiger charge is -2.14. The number of carbonyl (C=O) groups excluding carboxylic acids is 2. The van der Waals surface area contributed by atoms with Gasteiger partial charge in [0, 0.05) is 22.8 Å². The molecule has 0 saturated heterocycles. The molecule has 174 valence electrons. The van der Waals surface area contributed by atoms with Crippen molar-refractivity contribution in [1.82, 2.24) is 9.78 Å². The number of halogens is 1. The third kappa shape index (κ3) is 3.80. The number of aromatic nitrogens is 3. The first-order chi connectivity index (χ1) is 16.9. The number of benzene rings is 2. The molecular formula is C27H22ClN4O3+. The molecule has 3 heterocycles. The fourth-order valence-electron chi connectivity index (χ4n) is 4.30. The van der Waals surface area contributed by atoms with Crippen LogP contribution in [-0.2, 0) is 16.0 Å². The average molecular weight is 486 g/mol. The van der Waals surface area contributed by atoms with Crippen LogP contribution in [-0.4, -0.2) is 21.6 Å². The van der Waals surface area contributed by atoms with Crippen molar-refractivity contribution in [2.75, 3.05) is 4.90 Å². The second-order valence-corrected chi connectivity index (χ2v) is 8.66. The molecule has 0 fully saturated rings. The SMILES string of the molecule is CCc1[nH]n(-c2ccc(Cl)cc2)c(=O)c1C1=C([n+]2ccccc2)C(=O)N(c2cccc(C)c2)C1=O. The van der Waals surface area contributed by atoms with Crippen LogP contribution < -0.4 is 15.0 Å². The van der Waals surface area contributed by atoms with Gasteiger partial charge in [-0.2, -0.15) is 4.57 Å². The Hall–Kier alpha value is -4.23. The third-order valence-corrected chi connectivity index (χ3v) is 6.20. The van der Waals surface area contributed by atoms with E-state index in [0.29, 0.717) is 28.5 Å². The zero-order valence-corrected chi connectivity index (χ0v) is 19.9. The molecule has 2 aromatic heterocycles. The lowest BCUT2D eigenvalue weighted by molar-refractivity contribution is -0.576. The van der Waals surface area contributed by atoms with E-state index in [4.69, 9.17) is 11.6 Å². The second kappa shape index (κ2) is 8.85. The van der Waals surface area contributed by atoms with Crippen LogP contribution in [0, 0.1) is 6.92 Å². The number of carbonyl (C=O) groups is 2. The minimum atomic E-state index is -0.541. The molecule has 0 bridgehead atoms. The number of nitrogens with one attached hydrogen (secondary N) is 1. The molecule has 2 amide bonds. The van der Waals surface area contributed by atoms with Crippen molar-refractivity contribution in [2.45, 2.75) is 20.3 Å². The molecule has 2 aromatic carbocycles. The first-order valence-corrected chi connectivity index (χ1v) is 11.5. The number of aryl methyl sites for hydroxylation is 2. The molecule has 5 rings (SSSR count). The molecule has 0 atom stereocenters. The fourth-order valence-corrected chi connectivity index (χ4v) is 4.43. The van der Waals surface area contributed by atoms with E-state index in [1.54, 1.807) is 71.6 Å². The zero-order valence-electron chi connectivity index (χ0n) is 19.2. The monoisotopic (exact) mass is 485 g/mol. The summed E-state index contributed by atoms with van der Waals surface area (Å²) in [4.78, 5) is 42.5. The number of anilines is 1. The Morgan fingerprint density at radius 3 is 2.26 bits per heavy atom. The number of hydrogen-bond donors (Lipinski definition) is 1. The quantitative estimate of drug-likeness (QED) is 0.344. The molecule has 7 nitrogen and oxygen atoms in total. The molecule has 8 heteroatoms. The predicted molar refractivity (Wildman–Crippen MR) is 134 cm³/mol. The maximum Gasteiger partial charge on any atom is 0.331 e. The number of H-pyrrole nitrogens is 1. The first kappa shape index (κ1) is 22.6. The molecule has 0 saturated carbocycles. The van der Waals surface area contributed by atoms with Crippen LogP contribution >= 0.6 is 11.6 Å². The molecule has 0 spiro atoms. The molecule has 0 unspecified atom stereocenters. The second-order valence-electron chi connectivity index (χ2n) is 8.23. The highest BCUT2D eigenvalue weighted by Gasteiger charge is 2.48. The van der Waals surface area contributed by atoms with Gasteiger partial charge in [-0.3, -0.25) is 19.5 Å². The Bertz CT molecular complexity index is 1550. The third-order valence-electron chi connectivity index (χ3n) is 5.95. The van der Waals surface area contributed by atoms with Crippen LogP contribution in [0.5, 0.6) is 0 Å². The topological polar surface area (TPSA) is 79.1 Å². The van der Waals surface area contributed by atoms with Crippen LogP contribution in [0.4, 0.5) is 5.69 Å². The summed E-state index contributed by atoms with van der Waals surface area (Å²) < 4.78 is 2.96. The number of aromatic amines is 1. The Morgan fingerprint density at radius 1 is 0.886 bits per heavy atom. The van der Waals surface area contributed by atoms with E-state index in [2.05, 4.69) is 5.10 Å². The van der Waals surface area contributed by atoms with Gasteiger partial charge in [0.05, 0.1) is 16.9 Å². The van der Waals surface area contributed by atoms with Crippen molar-refractivity contribution in [3.8, 4) is 5.69 Å². The van der Waals surface area contributed by atoms with Gasteiger partial charge in [0.1, 0.15) is 5.57 Å². The van der Waals surface area contributed by atoms with E-state index in [9.17, 15) is 14.4 Å². The summed E-state index contributed by atoms with van der Waals surface area (Å²) in [5, 5.41) is 3.66. The number of hydrogen-bond acceptors (Lipinski definition) is 3. The zero-order chi connectivity index (χ0) is 24.7. The molecule has 4 aromatic rings. The van der Waals surface area contributed by atoms with Gasteiger partial charge in [-0.25, -0.2) is 9.58 Å². The van der Waals surface area contributed by atoms with Gasteiger partial charge in [0.25, 0.3) is 17.2 Å². The summed E-state index contributed by atoms with van der Waals surface area (Å²) in [6.07, 6.45) is 3.83. The summed E-state index contributed by atoms with van der Waals surface area (Å²) in [6.45, 7) is 3.78. The van der Waals surface area contributed by atoms with Crippen molar-refractivity contribution in [2.24, 2.45) is 0 Å². The van der Waals surface area contributed by atoms with Crippen molar-refractivity contribution in [3.63, 3.8) is 0 Å². The average Bonchev–Trinajstić information content (AvgIpc) is 3.32. The maximum absolute atomic E-state index is 13.9. The molecule has 0 radical (unpaired) electrons. The maximum atomic E-state index is 13.9. The molecule has 1 N–H and O–H groups in total. The van der Waals surface area contributed by atoms with Crippen molar-refractivity contribution < 1.29 is 14.2 Å². The van der Waals surface area contributed by atoms with Crippen LogP contribution in [0.3, 0.4) is 0 Å². The smallest absolute Gasteiger partial charge is 0.294 e. The van der Waals surface area contributed by atoms with E-state index in [-0.39, 0.29) is 16.8 Å². The lowest BCUT2D eigenvalue weighted by Crippen LogP contribution is -2.39. The first-order valence-electron chi connectivity index (χ1n) is 11.2. The van der Waals surface area contributed by atoms with Gasteiger partial charge in [-0.15, -0.1) is 0 Å².